The number of benzene rings is 2. The summed E-state index contributed by atoms with van der Waals surface area (Å²) in [5, 5.41) is 13.4. The van der Waals surface area contributed by atoms with Crippen LogP contribution in [0.4, 0.5) is 5.69 Å². The maximum atomic E-state index is 13.0. The molecule has 6 nitrogen and oxygen atoms in total. The monoisotopic (exact) mass is 476 g/mol. The Balaban J connectivity index is 1.31. The first-order chi connectivity index (χ1) is 16.7. The highest BCUT2D eigenvalue weighted by Gasteiger charge is 2.24. The first-order valence-corrected chi connectivity index (χ1v) is 13.3. The lowest BCUT2D eigenvalue weighted by Gasteiger charge is -2.25. The van der Waals surface area contributed by atoms with Crippen LogP contribution < -0.4 is 10.1 Å². The molecule has 7 heteroatoms. The van der Waals surface area contributed by atoms with E-state index in [1.807, 2.05) is 30.3 Å². The Kier molecular flexibility index (Phi) is 7.19. The fraction of sp³-hybridized carbons (Fsp3) is 0.444. The summed E-state index contributed by atoms with van der Waals surface area (Å²) in [6, 6.07) is 14.5. The Morgan fingerprint density at radius 3 is 2.76 bits per heavy atom. The molecule has 0 amide bonds. The van der Waals surface area contributed by atoms with E-state index in [0.717, 1.165) is 53.7 Å². The summed E-state index contributed by atoms with van der Waals surface area (Å²) in [5.74, 6) is 2.28. The summed E-state index contributed by atoms with van der Waals surface area (Å²) in [4.78, 5) is 13.0. The molecule has 2 aliphatic carbocycles. The molecule has 0 radical (unpaired) electrons. The van der Waals surface area contributed by atoms with Gasteiger partial charge in [-0.3, -0.25) is 4.79 Å². The van der Waals surface area contributed by atoms with Gasteiger partial charge in [0.25, 0.3) is 0 Å². The zero-order valence-corrected chi connectivity index (χ0v) is 20.6. The molecule has 1 N–H and O–H groups in total. The van der Waals surface area contributed by atoms with Crippen LogP contribution in [0, 0.1) is 0 Å². The Labute approximate surface area is 205 Å². The van der Waals surface area contributed by atoms with Crippen LogP contribution in [0.2, 0.25) is 0 Å². The average molecular weight is 477 g/mol. The lowest BCUT2D eigenvalue weighted by atomic mass is 9.95. The summed E-state index contributed by atoms with van der Waals surface area (Å²) in [6.07, 6.45) is 9.42. The smallest absolute Gasteiger partial charge is 0.191 e. The number of carbonyl (C=O) groups excluding carboxylic acids is 1. The number of Topliss-reactive ketones (excluding diaryl/α,β-unsaturated/α-hetero) is 1. The van der Waals surface area contributed by atoms with E-state index < -0.39 is 0 Å². The molecule has 0 saturated heterocycles. The maximum Gasteiger partial charge on any atom is 0.191 e. The number of rotatable bonds is 9. The van der Waals surface area contributed by atoms with E-state index in [0.29, 0.717) is 18.3 Å². The second kappa shape index (κ2) is 10.6. The number of hydrogen-bond donors (Lipinski definition) is 1. The number of anilines is 1. The van der Waals surface area contributed by atoms with Gasteiger partial charge in [-0.1, -0.05) is 49.2 Å². The lowest BCUT2D eigenvalue weighted by Crippen LogP contribution is -2.18. The molecule has 2 aliphatic rings. The third kappa shape index (κ3) is 5.14. The Bertz CT molecular complexity index is 1150. The third-order valence-corrected chi connectivity index (χ3v) is 7.89. The van der Waals surface area contributed by atoms with Gasteiger partial charge in [-0.05, 0) is 61.4 Å². The van der Waals surface area contributed by atoms with E-state index in [-0.39, 0.29) is 5.78 Å². The summed E-state index contributed by atoms with van der Waals surface area (Å²) < 4.78 is 7.62. The molecule has 0 spiro atoms. The Morgan fingerprint density at radius 1 is 1.06 bits per heavy atom. The normalized spacial score (nSPS) is 15.8. The third-order valence-electron chi connectivity index (χ3n) is 6.95. The number of carbonyl (C=O) groups is 1. The van der Waals surface area contributed by atoms with Crippen LogP contribution in [-0.4, -0.2) is 33.4 Å². The van der Waals surface area contributed by atoms with Crippen molar-refractivity contribution in [2.45, 2.75) is 69.1 Å². The SMILES string of the molecule is COc1cccc(NCc2nnc(SCC(=O)c3ccc4c(c3)CCC4)n2C2CCCCC2)c1. The second-order valence-corrected chi connectivity index (χ2v) is 10.1. The van der Waals surface area contributed by atoms with E-state index in [9.17, 15) is 4.79 Å². The molecule has 3 aromatic rings. The minimum Gasteiger partial charge on any atom is -0.497 e. The molecule has 34 heavy (non-hydrogen) atoms. The fourth-order valence-electron chi connectivity index (χ4n) is 5.11. The molecule has 1 saturated carbocycles. The molecular weight excluding hydrogens is 444 g/mol. The largest absolute Gasteiger partial charge is 0.497 e. The molecule has 0 atom stereocenters. The topological polar surface area (TPSA) is 69.0 Å². The van der Waals surface area contributed by atoms with Crippen LogP contribution >= 0.6 is 11.8 Å². The molecule has 1 heterocycles. The molecule has 5 rings (SSSR count). The lowest BCUT2D eigenvalue weighted by molar-refractivity contribution is 0.102. The van der Waals surface area contributed by atoms with Gasteiger partial charge in [0.15, 0.2) is 16.8 Å². The van der Waals surface area contributed by atoms with Crippen molar-refractivity contribution < 1.29 is 9.53 Å². The fourth-order valence-corrected chi connectivity index (χ4v) is 6.02. The number of nitrogens with zero attached hydrogens (tertiary/aromatic N) is 3. The number of nitrogens with one attached hydrogen (secondary N) is 1. The van der Waals surface area contributed by atoms with Crippen molar-refractivity contribution in [3.8, 4) is 5.75 Å². The van der Waals surface area contributed by atoms with Crippen LogP contribution in [-0.2, 0) is 19.4 Å². The van der Waals surface area contributed by atoms with Crippen molar-refractivity contribution in [2.24, 2.45) is 0 Å². The minimum atomic E-state index is 0.161. The van der Waals surface area contributed by atoms with Crippen LogP contribution in [0.25, 0.3) is 0 Å². The Morgan fingerprint density at radius 2 is 1.91 bits per heavy atom. The quantitative estimate of drug-likeness (QED) is 0.308. The molecule has 0 bridgehead atoms. The molecule has 2 aromatic carbocycles. The van der Waals surface area contributed by atoms with Gasteiger partial charge in [-0.15, -0.1) is 10.2 Å². The number of aromatic nitrogens is 3. The summed E-state index contributed by atoms with van der Waals surface area (Å²) >= 11 is 1.52. The number of hydrogen-bond acceptors (Lipinski definition) is 6. The van der Waals surface area contributed by atoms with Crippen LogP contribution in [0.5, 0.6) is 5.75 Å². The van der Waals surface area contributed by atoms with Crippen LogP contribution in [0.3, 0.4) is 0 Å². The van der Waals surface area contributed by atoms with E-state index in [1.165, 1.54) is 48.6 Å². The number of ketones is 1. The molecule has 0 unspecified atom stereocenters. The molecule has 1 fully saturated rings. The summed E-state index contributed by atoms with van der Waals surface area (Å²) in [5.41, 5.74) is 4.54. The van der Waals surface area contributed by atoms with E-state index in [4.69, 9.17) is 4.74 Å². The predicted octanol–water partition coefficient (Wildman–Crippen LogP) is 5.87. The zero-order chi connectivity index (χ0) is 23.3. The molecular formula is C27H32N4O2S. The highest BCUT2D eigenvalue weighted by atomic mass is 32.2. The van der Waals surface area contributed by atoms with E-state index in [2.05, 4.69) is 32.2 Å². The number of fused-ring (bicyclic) bond motifs is 1. The average Bonchev–Trinajstić information content (AvgIpc) is 3.53. The number of thioether (sulfide) groups is 1. The van der Waals surface area contributed by atoms with Gasteiger partial charge >= 0.3 is 0 Å². The van der Waals surface area contributed by atoms with E-state index in [1.54, 1.807) is 7.11 Å². The van der Waals surface area contributed by atoms with Gasteiger partial charge in [-0.25, -0.2) is 0 Å². The van der Waals surface area contributed by atoms with E-state index >= 15 is 0 Å². The van der Waals surface area contributed by atoms with Gasteiger partial charge < -0.3 is 14.6 Å². The van der Waals surface area contributed by atoms with Crippen molar-refractivity contribution in [1.29, 1.82) is 0 Å². The number of aryl methyl sites for hydroxylation is 2. The van der Waals surface area contributed by atoms with Crippen LogP contribution in [0.15, 0.2) is 47.6 Å². The first-order valence-electron chi connectivity index (χ1n) is 12.3. The van der Waals surface area contributed by atoms with Crippen molar-refractivity contribution >= 4 is 23.2 Å². The first kappa shape index (κ1) is 23.0. The van der Waals surface area contributed by atoms with Crippen molar-refractivity contribution in [3.05, 3.63) is 65.0 Å². The maximum absolute atomic E-state index is 13.0. The standard InChI is InChI=1S/C27H32N4O2S/c1-33-24-12-6-9-22(16-24)28-17-26-29-30-27(31(26)23-10-3-2-4-11-23)34-18-25(32)21-14-13-19-7-5-8-20(19)15-21/h6,9,12-16,23,28H,2-5,7-8,10-11,17-18H2,1H3. The van der Waals surface area contributed by atoms with Gasteiger partial charge in [0.2, 0.25) is 0 Å². The molecule has 1 aromatic heterocycles. The van der Waals surface area contributed by atoms with Gasteiger partial charge in [0, 0.05) is 23.4 Å². The van der Waals surface area contributed by atoms with Gasteiger partial charge in [0.1, 0.15) is 5.75 Å². The van der Waals surface area contributed by atoms with Crippen molar-refractivity contribution in [1.82, 2.24) is 14.8 Å². The van der Waals surface area contributed by atoms with Crippen molar-refractivity contribution in [3.63, 3.8) is 0 Å². The number of methoxy groups -OCH3 is 1. The highest BCUT2D eigenvalue weighted by molar-refractivity contribution is 7.99. The Hall–Kier alpha value is -2.80. The van der Waals surface area contributed by atoms with Crippen molar-refractivity contribution in [2.75, 3.05) is 18.2 Å². The summed E-state index contributed by atoms with van der Waals surface area (Å²) in [6.45, 7) is 0.579. The highest BCUT2D eigenvalue weighted by Crippen LogP contribution is 2.33. The predicted molar refractivity (Wildman–Crippen MR) is 136 cm³/mol. The van der Waals surface area contributed by atoms with Gasteiger partial charge in [0.05, 0.1) is 19.4 Å². The zero-order valence-electron chi connectivity index (χ0n) is 19.8. The summed E-state index contributed by atoms with van der Waals surface area (Å²) in [7, 11) is 1.67. The minimum absolute atomic E-state index is 0.161. The molecule has 178 valence electrons. The number of ether oxygens (including phenoxy) is 1. The second-order valence-electron chi connectivity index (χ2n) is 9.20. The van der Waals surface area contributed by atoms with Crippen LogP contribution in [0.1, 0.15) is 71.9 Å². The molecule has 0 aliphatic heterocycles. The van der Waals surface area contributed by atoms with Gasteiger partial charge in [-0.2, -0.15) is 0 Å².